The summed E-state index contributed by atoms with van der Waals surface area (Å²) in [5.74, 6) is -0.274. The molecule has 1 N–H and O–H groups in total. The number of amides is 1. The summed E-state index contributed by atoms with van der Waals surface area (Å²) in [7, 11) is -3.60. The van der Waals surface area contributed by atoms with Gasteiger partial charge in [0.15, 0.2) is 0 Å². The van der Waals surface area contributed by atoms with Gasteiger partial charge in [0, 0.05) is 18.7 Å². The van der Waals surface area contributed by atoms with E-state index in [-0.39, 0.29) is 16.8 Å². The predicted octanol–water partition coefficient (Wildman–Crippen LogP) is 4.05. The minimum absolute atomic E-state index is 0.166. The van der Waals surface area contributed by atoms with Crippen molar-refractivity contribution in [2.24, 2.45) is 0 Å². The lowest BCUT2D eigenvalue weighted by atomic mass is 10.1. The molecular weight excluding hydrogens is 372 g/mol. The molecule has 0 radical (unpaired) electrons. The van der Waals surface area contributed by atoms with Crippen LogP contribution in [0.2, 0.25) is 0 Å². The number of benzene rings is 2. The second-order valence-electron chi connectivity index (χ2n) is 7.40. The van der Waals surface area contributed by atoms with Crippen LogP contribution in [-0.4, -0.2) is 31.7 Å². The van der Waals surface area contributed by atoms with Crippen molar-refractivity contribution < 1.29 is 13.2 Å². The second-order valence-corrected chi connectivity index (χ2v) is 9.31. The molecule has 1 fully saturated rings. The number of aryl methyl sites for hydroxylation is 1. The summed E-state index contributed by atoms with van der Waals surface area (Å²) in [6.07, 6.45) is 3.88. The summed E-state index contributed by atoms with van der Waals surface area (Å²) >= 11 is 0. The summed E-state index contributed by atoms with van der Waals surface area (Å²) in [6.45, 7) is 4.78. The van der Waals surface area contributed by atoms with E-state index in [1.165, 1.54) is 6.07 Å². The highest BCUT2D eigenvalue weighted by Crippen LogP contribution is 2.24. The van der Waals surface area contributed by atoms with E-state index in [0.717, 1.165) is 31.2 Å². The summed E-state index contributed by atoms with van der Waals surface area (Å²) in [4.78, 5) is 13.0. The Bertz CT molecular complexity index is 918. The number of nitrogens with zero attached hydrogens (tertiary/aromatic N) is 1. The number of hydrogen-bond acceptors (Lipinski definition) is 3. The van der Waals surface area contributed by atoms with E-state index in [4.69, 9.17) is 0 Å². The molecule has 0 spiro atoms. The first-order chi connectivity index (χ1) is 13.4. The van der Waals surface area contributed by atoms with Crippen LogP contribution in [0.3, 0.4) is 0 Å². The zero-order valence-corrected chi connectivity index (χ0v) is 17.3. The lowest BCUT2D eigenvalue weighted by Crippen LogP contribution is -2.33. The van der Waals surface area contributed by atoms with Crippen LogP contribution >= 0.6 is 0 Å². The van der Waals surface area contributed by atoms with Crippen LogP contribution in [-0.2, 0) is 10.0 Å². The zero-order valence-electron chi connectivity index (χ0n) is 16.5. The number of sulfonamides is 1. The predicted molar refractivity (Wildman–Crippen MR) is 111 cm³/mol. The van der Waals surface area contributed by atoms with Crippen molar-refractivity contribution in [3.8, 4) is 0 Å². The van der Waals surface area contributed by atoms with E-state index >= 15 is 0 Å². The lowest BCUT2D eigenvalue weighted by Gasteiger charge is -2.21. The van der Waals surface area contributed by atoms with Gasteiger partial charge in [-0.15, -0.1) is 0 Å². The molecule has 0 saturated carbocycles. The van der Waals surface area contributed by atoms with E-state index in [2.05, 4.69) is 5.32 Å². The van der Waals surface area contributed by atoms with E-state index in [9.17, 15) is 13.2 Å². The van der Waals surface area contributed by atoms with Gasteiger partial charge in [0.25, 0.3) is 5.91 Å². The van der Waals surface area contributed by atoms with Gasteiger partial charge in [0.05, 0.1) is 10.9 Å². The van der Waals surface area contributed by atoms with Gasteiger partial charge in [-0.1, -0.05) is 49.2 Å². The highest BCUT2D eigenvalue weighted by Gasteiger charge is 2.27. The summed E-state index contributed by atoms with van der Waals surface area (Å²) < 4.78 is 27.9. The molecule has 6 heteroatoms. The molecule has 0 aromatic heterocycles. The highest BCUT2D eigenvalue weighted by atomic mass is 32.2. The molecule has 5 nitrogen and oxygen atoms in total. The standard InChI is InChI=1S/C22H28N2O3S/c1-17-12-13-20(22(25)23-18(2)19-10-6-5-7-11-19)16-21(17)28(26,27)24-14-8-3-4-9-15-24/h5-7,10-13,16,18H,3-4,8-9,14-15H2,1-2H3,(H,23,25)/t18-/m1/s1. The Morgan fingerprint density at radius 3 is 2.29 bits per heavy atom. The van der Waals surface area contributed by atoms with Crippen LogP contribution in [0, 0.1) is 6.92 Å². The fourth-order valence-corrected chi connectivity index (χ4v) is 5.31. The van der Waals surface area contributed by atoms with Crippen LogP contribution in [0.25, 0.3) is 0 Å². The molecule has 1 atom stereocenters. The fourth-order valence-electron chi connectivity index (χ4n) is 3.55. The molecular formula is C22H28N2O3S. The maximum atomic E-state index is 13.2. The summed E-state index contributed by atoms with van der Waals surface area (Å²) in [5.41, 5.74) is 2.03. The molecule has 2 aromatic carbocycles. The van der Waals surface area contributed by atoms with E-state index in [1.807, 2.05) is 37.3 Å². The van der Waals surface area contributed by atoms with Crippen molar-refractivity contribution in [2.75, 3.05) is 13.1 Å². The van der Waals surface area contributed by atoms with Gasteiger partial charge in [-0.2, -0.15) is 4.31 Å². The maximum absolute atomic E-state index is 13.2. The molecule has 150 valence electrons. The number of nitrogens with one attached hydrogen (secondary N) is 1. The Labute approximate surface area is 167 Å². The van der Waals surface area contributed by atoms with Crippen LogP contribution in [0.5, 0.6) is 0 Å². The van der Waals surface area contributed by atoms with Gasteiger partial charge in [-0.25, -0.2) is 8.42 Å². The Kier molecular flexibility index (Phi) is 6.52. The van der Waals surface area contributed by atoms with Crippen LogP contribution in [0.1, 0.15) is 60.1 Å². The van der Waals surface area contributed by atoms with Crippen molar-refractivity contribution >= 4 is 15.9 Å². The second kappa shape index (κ2) is 8.88. The van der Waals surface area contributed by atoms with E-state index in [0.29, 0.717) is 24.2 Å². The first-order valence-electron chi connectivity index (χ1n) is 9.86. The molecule has 1 saturated heterocycles. The Hall–Kier alpha value is -2.18. The minimum atomic E-state index is -3.60. The molecule has 0 unspecified atom stereocenters. The third-order valence-electron chi connectivity index (χ3n) is 5.28. The van der Waals surface area contributed by atoms with Crippen molar-refractivity contribution in [1.29, 1.82) is 0 Å². The highest BCUT2D eigenvalue weighted by molar-refractivity contribution is 7.89. The van der Waals surface area contributed by atoms with Crippen molar-refractivity contribution in [3.05, 3.63) is 65.2 Å². The monoisotopic (exact) mass is 400 g/mol. The number of carbonyl (C=O) groups excluding carboxylic acids is 1. The van der Waals surface area contributed by atoms with Gasteiger partial charge in [0.1, 0.15) is 0 Å². The van der Waals surface area contributed by atoms with Crippen molar-refractivity contribution in [1.82, 2.24) is 9.62 Å². The molecule has 2 aromatic rings. The van der Waals surface area contributed by atoms with Gasteiger partial charge in [-0.3, -0.25) is 4.79 Å². The topological polar surface area (TPSA) is 66.5 Å². The number of carbonyl (C=O) groups is 1. The van der Waals surface area contributed by atoms with E-state index in [1.54, 1.807) is 23.4 Å². The van der Waals surface area contributed by atoms with Crippen LogP contribution in [0.15, 0.2) is 53.4 Å². The Balaban J connectivity index is 1.83. The molecule has 1 aliphatic heterocycles. The van der Waals surface area contributed by atoms with Gasteiger partial charge in [0.2, 0.25) is 10.0 Å². The first kappa shape index (κ1) is 20.6. The quantitative estimate of drug-likeness (QED) is 0.823. The lowest BCUT2D eigenvalue weighted by molar-refractivity contribution is 0.0939. The Morgan fingerprint density at radius 1 is 1.00 bits per heavy atom. The molecule has 0 aliphatic carbocycles. The largest absolute Gasteiger partial charge is 0.346 e. The summed E-state index contributed by atoms with van der Waals surface area (Å²) in [6, 6.07) is 14.4. The van der Waals surface area contributed by atoms with Crippen molar-refractivity contribution in [3.63, 3.8) is 0 Å². The molecule has 1 heterocycles. The average molecular weight is 401 g/mol. The SMILES string of the molecule is Cc1ccc(C(=O)N[C@H](C)c2ccccc2)cc1S(=O)(=O)N1CCCCCC1. The molecule has 28 heavy (non-hydrogen) atoms. The van der Waals surface area contributed by atoms with Crippen molar-refractivity contribution in [2.45, 2.75) is 50.5 Å². The van der Waals surface area contributed by atoms with Gasteiger partial charge in [-0.05, 0) is 49.9 Å². The molecule has 1 aliphatic rings. The molecule has 0 bridgehead atoms. The smallest absolute Gasteiger partial charge is 0.251 e. The van der Waals surface area contributed by atoms with Gasteiger partial charge >= 0.3 is 0 Å². The maximum Gasteiger partial charge on any atom is 0.251 e. The Morgan fingerprint density at radius 2 is 1.64 bits per heavy atom. The number of rotatable bonds is 5. The van der Waals surface area contributed by atoms with Crippen LogP contribution in [0.4, 0.5) is 0 Å². The normalized spacial score (nSPS) is 16.9. The minimum Gasteiger partial charge on any atom is -0.346 e. The molecule has 1 amide bonds. The number of hydrogen-bond donors (Lipinski definition) is 1. The van der Waals surface area contributed by atoms with Gasteiger partial charge < -0.3 is 5.32 Å². The third kappa shape index (κ3) is 4.62. The summed E-state index contributed by atoms with van der Waals surface area (Å²) in [5, 5.41) is 2.95. The third-order valence-corrected chi connectivity index (χ3v) is 7.32. The van der Waals surface area contributed by atoms with Crippen LogP contribution < -0.4 is 5.32 Å². The first-order valence-corrected chi connectivity index (χ1v) is 11.3. The average Bonchev–Trinajstić information content (AvgIpc) is 2.99. The van der Waals surface area contributed by atoms with E-state index < -0.39 is 10.0 Å². The zero-order chi connectivity index (χ0) is 20.1. The fraction of sp³-hybridized carbons (Fsp3) is 0.409. The molecule has 3 rings (SSSR count).